The summed E-state index contributed by atoms with van der Waals surface area (Å²) in [6.45, 7) is 6.02. The molecular weight excluding hydrogens is 629 g/mol. The van der Waals surface area contributed by atoms with Crippen molar-refractivity contribution in [3.8, 4) is 0 Å². The number of esters is 2. The second kappa shape index (κ2) is 18.7. The quantitative estimate of drug-likeness (QED) is 0.0681. The molecule has 2 aromatic carbocycles. The minimum Gasteiger partial charge on any atom is -0.463 e. The van der Waals surface area contributed by atoms with E-state index in [0.717, 1.165) is 31.4 Å². The number of ether oxygens (including phenoxy) is 2. The lowest BCUT2D eigenvalue weighted by Gasteiger charge is -2.31. The van der Waals surface area contributed by atoms with Gasteiger partial charge in [-0.2, -0.15) is 11.8 Å². The molecule has 1 aliphatic rings. The first kappa shape index (κ1) is 36.2. The predicted octanol–water partition coefficient (Wildman–Crippen LogP) is 5.53. The highest BCUT2D eigenvalue weighted by Gasteiger charge is 2.39. The fraction of sp³-hybridized carbons (Fsp3) is 0.394. The predicted molar refractivity (Wildman–Crippen MR) is 182 cm³/mol. The molecule has 0 fully saturated rings. The highest BCUT2D eigenvalue weighted by Crippen LogP contribution is 2.41. The maximum absolute atomic E-state index is 13.4. The number of nitrogens with one attached hydrogen (secondary N) is 3. The van der Waals surface area contributed by atoms with Crippen molar-refractivity contribution in [1.82, 2.24) is 16.0 Å². The number of carbonyl (C=O) groups excluding carboxylic acids is 3. The monoisotopic (exact) mass is 668 g/mol. The third-order valence-corrected chi connectivity index (χ3v) is 8.38. The number of nitro groups is 1. The van der Waals surface area contributed by atoms with Gasteiger partial charge in [0.2, 0.25) is 0 Å². The summed E-state index contributed by atoms with van der Waals surface area (Å²) < 4.78 is 10.7. The molecule has 0 aromatic heterocycles. The molecule has 3 N–H and O–H groups in total. The third-order valence-electron chi connectivity index (χ3n) is 7.06. The zero-order valence-corrected chi connectivity index (χ0v) is 27.9. The van der Waals surface area contributed by atoms with Crippen LogP contribution in [0.5, 0.6) is 0 Å². The Balaban J connectivity index is 1.59. The van der Waals surface area contributed by atoms with Crippen LogP contribution in [-0.2, 0) is 19.1 Å². The van der Waals surface area contributed by atoms with E-state index in [1.54, 1.807) is 62.9 Å². The maximum atomic E-state index is 13.4. The summed E-state index contributed by atoms with van der Waals surface area (Å²) in [6.07, 6.45) is 3.78. The molecule has 0 spiro atoms. The van der Waals surface area contributed by atoms with E-state index in [4.69, 9.17) is 21.7 Å². The van der Waals surface area contributed by atoms with Crippen LogP contribution in [-0.4, -0.2) is 59.1 Å². The van der Waals surface area contributed by atoms with Gasteiger partial charge in [-0.1, -0.05) is 43.2 Å². The number of non-ortho nitro benzene ring substituents is 1. The molecule has 1 aliphatic heterocycles. The van der Waals surface area contributed by atoms with Gasteiger partial charge in [0.1, 0.15) is 0 Å². The fourth-order valence-corrected chi connectivity index (χ4v) is 6.14. The van der Waals surface area contributed by atoms with Gasteiger partial charge in [0.25, 0.3) is 11.6 Å². The molecule has 0 saturated heterocycles. The van der Waals surface area contributed by atoms with Gasteiger partial charge in [0, 0.05) is 41.4 Å². The summed E-state index contributed by atoms with van der Waals surface area (Å²) in [4.78, 5) is 49.8. The Morgan fingerprint density at radius 3 is 2.30 bits per heavy atom. The van der Waals surface area contributed by atoms with Crippen LogP contribution < -0.4 is 16.0 Å². The van der Waals surface area contributed by atoms with Gasteiger partial charge in [-0.25, -0.2) is 9.59 Å². The minimum absolute atomic E-state index is 0.126. The van der Waals surface area contributed by atoms with Crippen LogP contribution in [0.3, 0.4) is 0 Å². The van der Waals surface area contributed by atoms with Gasteiger partial charge in [0.15, 0.2) is 5.11 Å². The van der Waals surface area contributed by atoms with Crippen LogP contribution in [0, 0.1) is 10.1 Å². The van der Waals surface area contributed by atoms with Crippen molar-refractivity contribution in [2.75, 3.05) is 31.3 Å². The molecule has 46 heavy (non-hydrogen) atoms. The summed E-state index contributed by atoms with van der Waals surface area (Å²) in [5.74, 6) is -1.07. The summed E-state index contributed by atoms with van der Waals surface area (Å²) in [7, 11) is 0. The maximum Gasteiger partial charge on any atom is 0.336 e. The van der Waals surface area contributed by atoms with Crippen molar-refractivity contribution in [2.24, 2.45) is 0 Å². The first-order valence-corrected chi connectivity index (χ1v) is 16.8. The SMILES string of the molecule is CCOC(=O)C1=C(C)NC(CSCCCCCCNC(=S)NC(=O)c2ccccc2)=C(C(=O)OCC)C1c1cccc([N+](=O)[O-])c1. The average Bonchev–Trinajstić information content (AvgIpc) is 3.04. The Morgan fingerprint density at radius 1 is 0.957 bits per heavy atom. The van der Waals surface area contributed by atoms with Crippen molar-refractivity contribution in [3.05, 3.63) is 98.4 Å². The van der Waals surface area contributed by atoms with Crippen LogP contribution in [0.25, 0.3) is 0 Å². The number of carbonyl (C=O) groups is 3. The highest BCUT2D eigenvalue weighted by atomic mass is 32.2. The summed E-state index contributed by atoms with van der Waals surface area (Å²) in [5.41, 5.74) is 2.39. The van der Waals surface area contributed by atoms with E-state index in [9.17, 15) is 24.5 Å². The van der Waals surface area contributed by atoms with Crippen LogP contribution in [0.2, 0.25) is 0 Å². The number of allylic oxidation sites excluding steroid dienone is 1. The Labute approximate surface area is 278 Å². The molecule has 1 amide bonds. The van der Waals surface area contributed by atoms with Gasteiger partial charge in [-0.05, 0) is 69.3 Å². The summed E-state index contributed by atoms with van der Waals surface area (Å²) >= 11 is 6.86. The average molecular weight is 669 g/mol. The molecule has 246 valence electrons. The van der Waals surface area contributed by atoms with Gasteiger partial charge >= 0.3 is 11.9 Å². The Morgan fingerprint density at radius 2 is 1.63 bits per heavy atom. The molecule has 0 aliphatic carbocycles. The number of dihydropyridines is 1. The molecule has 0 radical (unpaired) electrons. The van der Waals surface area contributed by atoms with E-state index in [0.29, 0.717) is 39.9 Å². The zero-order chi connectivity index (χ0) is 33.5. The van der Waals surface area contributed by atoms with Crippen molar-refractivity contribution < 1.29 is 28.8 Å². The molecule has 1 atom stereocenters. The second-order valence-corrected chi connectivity index (χ2v) is 11.8. The second-order valence-electron chi connectivity index (χ2n) is 10.3. The highest BCUT2D eigenvalue weighted by molar-refractivity contribution is 7.99. The molecule has 13 heteroatoms. The summed E-state index contributed by atoms with van der Waals surface area (Å²) in [6, 6.07) is 14.8. The number of hydrogen-bond donors (Lipinski definition) is 3. The first-order chi connectivity index (χ1) is 22.2. The third kappa shape index (κ3) is 10.4. The number of rotatable bonds is 16. The number of hydrogen-bond acceptors (Lipinski definition) is 10. The van der Waals surface area contributed by atoms with Crippen molar-refractivity contribution in [3.63, 3.8) is 0 Å². The van der Waals surface area contributed by atoms with E-state index < -0.39 is 22.8 Å². The number of amides is 1. The number of benzene rings is 2. The Kier molecular flexibility index (Phi) is 14.7. The van der Waals surface area contributed by atoms with E-state index >= 15 is 0 Å². The van der Waals surface area contributed by atoms with Crippen LogP contribution >= 0.6 is 24.0 Å². The Bertz CT molecular complexity index is 1480. The van der Waals surface area contributed by atoms with Crippen LogP contribution in [0.1, 0.15) is 68.3 Å². The number of nitro benzene ring substituents is 1. The molecule has 1 unspecified atom stereocenters. The van der Waals surface area contributed by atoms with Crippen molar-refractivity contribution in [2.45, 2.75) is 52.4 Å². The normalized spacial score (nSPS) is 14.3. The van der Waals surface area contributed by atoms with E-state index in [1.165, 1.54) is 18.2 Å². The molecule has 3 rings (SSSR count). The lowest BCUT2D eigenvalue weighted by atomic mass is 9.80. The van der Waals surface area contributed by atoms with E-state index in [-0.39, 0.29) is 36.0 Å². The van der Waals surface area contributed by atoms with Gasteiger partial charge < -0.3 is 20.1 Å². The first-order valence-electron chi connectivity index (χ1n) is 15.2. The smallest absolute Gasteiger partial charge is 0.336 e. The van der Waals surface area contributed by atoms with Gasteiger partial charge in [-0.3, -0.25) is 20.2 Å². The van der Waals surface area contributed by atoms with E-state index in [1.807, 2.05) is 6.07 Å². The lowest BCUT2D eigenvalue weighted by molar-refractivity contribution is -0.384. The Hall–Kier alpha value is -4.23. The molecule has 0 saturated carbocycles. The van der Waals surface area contributed by atoms with Crippen molar-refractivity contribution >= 4 is 52.6 Å². The standard InChI is InChI=1S/C33H40N4O7S2/c1-4-43-31(39)27-22(3)35-26(29(32(40)44-5-2)28(27)24-16-13-17-25(20-24)37(41)42)21-46-19-12-7-6-11-18-34-33(45)36-30(38)23-14-9-8-10-15-23/h8-10,13-17,20,28,35H,4-7,11-12,18-19,21H2,1-3H3,(H2,34,36,38,45). The topological polar surface area (TPSA) is 149 Å². The van der Waals surface area contributed by atoms with Gasteiger partial charge in [0.05, 0.1) is 35.2 Å². The number of thioether (sulfide) groups is 1. The molecule has 1 heterocycles. The number of thiocarbonyl (C=S) groups is 1. The van der Waals surface area contributed by atoms with Gasteiger partial charge in [-0.15, -0.1) is 0 Å². The van der Waals surface area contributed by atoms with E-state index in [2.05, 4.69) is 16.0 Å². The molecule has 2 aromatic rings. The number of nitrogens with zero attached hydrogens (tertiary/aromatic N) is 1. The molecule has 0 bridgehead atoms. The minimum atomic E-state index is -0.897. The largest absolute Gasteiger partial charge is 0.463 e. The molecular formula is C33H40N4O7S2. The zero-order valence-electron chi connectivity index (χ0n) is 26.3. The van der Waals surface area contributed by atoms with Crippen LogP contribution in [0.15, 0.2) is 77.1 Å². The fourth-order valence-electron chi connectivity index (χ4n) is 4.96. The number of unbranched alkanes of at least 4 members (excludes halogenated alkanes) is 3. The van der Waals surface area contributed by atoms with Crippen LogP contribution in [0.4, 0.5) is 5.69 Å². The summed E-state index contributed by atoms with van der Waals surface area (Å²) in [5, 5.41) is 20.8. The molecule has 11 nitrogen and oxygen atoms in total. The lowest BCUT2D eigenvalue weighted by Crippen LogP contribution is -2.39. The van der Waals surface area contributed by atoms with Crippen molar-refractivity contribution in [1.29, 1.82) is 0 Å².